The van der Waals surface area contributed by atoms with Gasteiger partial charge in [-0.05, 0) is 44.7 Å². The topological polar surface area (TPSA) is 83.7 Å². The van der Waals surface area contributed by atoms with Crippen LogP contribution in [0.1, 0.15) is 41.6 Å². The second kappa shape index (κ2) is 6.67. The first kappa shape index (κ1) is 15.4. The third-order valence-corrected chi connectivity index (χ3v) is 3.97. The molecule has 1 aromatic carbocycles. The van der Waals surface area contributed by atoms with Gasteiger partial charge >= 0.3 is 0 Å². The number of nitro benzene ring substituents is 1. The largest absolute Gasteiger partial charge is 0.396 e. The first-order valence-electron chi connectivity index (χ1n) is 7.21. The molecule has 0 aromatic heterocycles. The van der Waals surface area contributed by atoms with Crippen LogP contribution in [0.2, 0.25) is 0 Å². The molecular formula is C15H20N2O4. The van der Waals surface area contributed by atoms with Crippen LogP contribution >= 0.6 is 0 Å². The zero-order valence-electron chi connectivity index (χ0n) is 12.1. The van der Waals surface area contributed by atoms with E-state index >= 15 is 0 Å². The molecule has 1 N–H and O–H groups in total. The highest BCUT2D eigenvalue weighted by atomic mass is 16.6. The SMILES string of the molecule is Cc1cc(C(=O)N(CCCO)C2CCC2)ccc1[N+](=O)[O-]. The molecule has 2 rings (SSSR count). The van der Waals surface area contributed by atoms with Crippen molar-refractivity contribution in [1.29, 1.82) is 0 Å². The van der Waals surface area contributed by atoms with Crippen molar-refractivity contribution < 1.29 is 14.8 Å². The van der Waals surface area contributed by atoms with Crippen molar-refractivity contribution in [3.8, 4) is 0 Å². The fraction of sp³-hybridized carbons (Fsp3) is 0.533. The predicted octanol–water partition coefficient (Wildman–Crippen LogP) is 2.28. The Morgan fingerprint density at radius 3 is 2.67 bits per heavy atom. The van der Waals surface area contributed by atoms with Crippen molar-refractivity contribution in [2.45, 2.75) is 38.6 Å². The van der Waals surface area contributed by atoms with Crippen molar-refractivity contribution >= 4 is 11.6 Å². The summed E-state index contributed by atoms with van der Waals surface area (Å²) in [4.78, 5) is 24.8. The third kappa shape index (κ3) is 3.39. The van der Waals surface area contributed by atoms with E-state index in [1.807, 2.05) is 0 Å². The number of hydrogen-bond donors (Lipinski definition) is 1. The van der Waals surface area contributed by atoms with E-state index in [1.54, 1.807) is 17.9 Å². The molecule has 1 aliphatic rings. The maximum Gasteiger partial charge on any atom is 0.272 e. The van der Waals surface area contributed by atoms with Crippen LogP contribution in [0.4, 0.5) is 5.69 Å². The monoisotopic (exact) mass is 292 g/mol. The van der Waals surface area contributed by atoms with Gasteiger partial charge in [-0.3, -0.25) is 14.9 Å². The zero-order valence-corrected chi connectivity index (χ0v) is 12.1. The summed E-state index contributed by atoms with van der Waals surface area (Å²) in [6.07, 6.45) is 3.65. The first-order chi connectivity index (χ1) is 10.0. The van der Waals surface area contributed by atoms with E-state index in [4.69, 9.17) is 5.11 Å². The summed E-state index contributed by atoms with van der Waals surface area (Å²) in [5.41, 5.74) is 0.988. The highest BCUT2D eigenvalue weighted by molar-refractivity contribution is 5.95. The molecule has 1 amide bonds. The molecule has 1 aliphatic carbocycles. The molecule has 114 valence electrons. The molecule has 6 heteroatoms. The Morgan fingerprint density at radius 1 is 1.48 bits per heavy atom. The number of nitro groups is 1. The summed E-state index contributed by atoms with van der Waals surface area (Å²) in [6.45, 7) is 2.21. The number of carbonyl (C=O) groups excluding carboxylic acids is 1. The van der Waals surface area contributed by atoms with Crippen LogP contribution in [0.25, 0.3) is 0 Å². The van der Waals surface area contributed by atoms with Gasteiger partial charge in [0.05, 0.1) is 4.92 Å². The van der Waals surface area contributed by atoms with Gasteiger partial charge in [0.15, 0.2) is 0 Å². The second-order valence-corrected chi connectivity index (χ2v) is 5.42. The molecule has 0 saturated heterocycles. The third-order valence-electron chi connectivity index (χ3n) is 3.97. The van der Waals surface area contributed by atoms with Crippen molar-refractivity contribution in [2.24, 2.45) is 0 Å². The van der Waals surface area contributed by atoms with Gasteiger partial charge in [-0.2, -0.15) is 0 Å². The second-order valence-electron chi connectivity index (χ2n) is 5.42. The number of aryl methyl sites for hydroxylation is 1. The van der Waals surface area contributed by atoms with Crippen molar-refractivity contribution in [3.05, 3.63) is 39.4 Å². The average molecular weight is 292 g/mol. The molecule has 0 radical (unpaired) electrons. The highest BCUT2D eigenvalue weighted by Gasteiger charge is 2.29. The Morgan fingerprint density at radius 2 is 2.19 bits per heavy atom. The lowest BCUT2D eigenvalue weighted by molar-refractivity contribution is -0.385. The van der Waals surface area contributed by atoms with Crippen LogP contribution < -0.4 is 0 Å². The lowest BCUT2D eigenvalue weighted by Gasteiger charge is -2.37. The standard InChI is InChI=1S/C15H20N2O4/c1-11-10-12(6-7-14(11)17(20)21)15(19)16(8-3-9-18)13-4-2-5-13/h6-7,10,13,18H,2-5,8-9H2,1H3. The number of aliphatic hydroxyl groups excluding tert-OH is 1. The summed E-state index contributed by atoms with van der Waals surface area (Å²) in [6, 6.07) is 4.70. The zero-order chi connectivity index (χ0) is 15.4. The maximum absolute atomic E-state index is 12.6. The minimum absolute atomic E-state index is 0.0251. The van der Waals surface area contributed by atoms with Crippen LogP contribution in [0.3, 0.4) is 0 Å². The lowest BCUT2D eigenvalue weighted by Crippen LogP contribution is -2.45. The van der Waals surface area contributed by atoms with Crippen molar-refractivity contribution in [2.75, 3.05) is 13.2 Å². The van der Waals surface area contributed by atoms with E-state index in [2.05, 4.69) is 0 Å². The average Bonchev–Trinajstić information content (AvgIpc) is 2.39. The lowest BCUT2D eigenvalue weighted by atomic mass is 9.90. The van der Waals surface area contributed by atoms with Crippen molar-refractivity contribution in [1.82, 2.24) is 4.90 Å². The molecule has 21 heavy (non-hydrogen) atoms. The van der Waals surface area contributed by atoms with E-state index in [1.165, 1.54) is 12.1 Å². The summed E-state index contributed by atoms with van der Waals surface area (Å²) in [5, 5.41) is 19.8. The minimum atomic E-state index is -0.445. The van der Waals surface area contributed by atoms with E-state index in [9.17, 15) is 14.9 Å². The number of rotatable bonds is 6. The molecule has 1 saturated carbocycles. The molecule has 1 aromatic rings. The van der Waals surface area contributed by atoms with Crippen LogP contribution in [0.5, 0.6) is 0 Å². The quantitative estimate of drug-likeness (QED) is 0.644. The molecule has 0 heterocycles. The highest BCUT2D eigenvalue weighted by Crippen LogP contribution is 2.27. The molecule has 0 atom stereocenters. The summed E-state index contributed by atoms with van der Waals surface area (Å²) in [7, 11) is 0. The van der Waals surface area contributed by atoms with Crippen LogP contribution in [-0.4, -0.2) is 40.0 Å². The van der Waals surface area contributed by atoms with Gasteiger partial charge in [-0.15, -0.1) is 0 Å². The van der Waals surface area contributed by atoms with Gasteiger partial charge < -0.3 is 10.0 Å². The maximum atomic E-state index is 12.6. The van der Waals surface area contributed by atoms with Gasteiger partial charge in [0, 0.05) is 36.4 Å². The smallest absolute Gasteiger partial charge is 0.272 e. The van der Waals surface area contributed by atoms with Gasteiger partial charge in [0.1, 0.15) is 0 Å². The number of nitrogens with zero attached hydrogens (tertiary/aromatic N) is 2. The molecule has 0 aliphatic heterocycles. The Kier molecular flexibility index (Phi) is 4.90. The normalized spacial score (nSPS) is 14.6. The number of aliphatic hydroxyl groups is 1. The number of benzene rings is 1. The van der Waals surface area contributed by atoms with E-state index in [0.717, 1.165) is 19.3 Å². The Labute approximate surface area is 123 Å². The summed E-state index contributed by atoms with van der Waals surface area (Å²) in [5.74, 6) is -0.105. The predicted molar refractivity (Wildman–Crippen MR) is 78.2 cm³/mol. The minimum Gasteiger partial charge on any atom is -0.396 e. The molecule has 0 unspecified atom stereocenters. The van der Waals surface area contributed by atoms with Crippen LogP contribution in [-0.2, 0) is 0 Å². The number of amides is 1. The molecule has 0 spiro atoms. The Bertz CT molecular complexity index is 540. The fourth-order valence-corrected chi connectivity index (χ4v) is 2.55. The summed E-state index contributed by atoms with van der Waals surface area (Å²) < 4.78 is 0. The van der Waals surface area contributed by atoms with E-state index in [-0.39, 0.29) is 24.2 Å². The molecule has 6 nitrogen and oxygen atoms in total. The van der Waals surface area contributed by atoms with Gasteiger partial charge in [0.25, 0.3) is 11.6 Å². The van der Waals surface area contributed by atoms with Crippen molar-refractivity contribution in [3.63, 3.8) is 0 Å². The Hall–Kier alpha value is -1.95. The van der Waals surface area contributed by atoms with Crippen LogP contribution in [0, 0.1) is 17.0 Å². The first-order valence-corrected chi connectivity index (χ1v) is 7.21. The van der Waals surface area contributed by atoms with Gasteiger partial charge in [-0.25, -0.2) is 0 Å². The van der Waals surface area contributed by atoms with Gasteiger partial charge in [-0.1, -0.05) is 0 Å². The molecule has 1 fully saturated rings. The van der Waals surface area contributed by atoms with Gasteiger partial charge in [0.2, 0.25) is 0 Å². The fourth-order valence-electron chi connectivity index (χ4n) is 2.55. The van der Waals surface area contributed by atoms with Crippen LogP contribution in [0.15, 0.2) is 18.2 Å². The summed E-state index contributed by atoms with van der Waals surface area (Å²) >= 11 is 0. The van der Waals surface area contributed by atoms with E-state index in [0.29, 0.717) is 24.1 Å². The number of carbonyl (C=O) groups is 1. The molecule has 0 bridgehead atoms. The molecular weight excluding hydrogens is 272 g/mol. The Balaban J connectivity index is 2.19. The number of hydrogen-bond acceptors (Lipinski definition) is 4. The van der Waals surface area contributed by atoms with E-state index < -0.39 is 4.92 Å².